The maximum absolute atomic E-state index is 4.70. The van der Waals surface area contributed by atoms with E-state index in [0.717, 1.165) is 30.7 Å². The van der Waals surface area contributed by atoms with Crippen molar-refractivity contribution in [2.45, 2.75) is 32.2 Å². The van der Waals surface area contributed by atoms with Crippen molar-refractivity contribution in [2.24, 2.45) is 0 Å². The van der Waals surface area contributed by atoms with Crippen LogP contribution in [0.4, 0.5) is 5.69 Å². The second-order valence-electron chi connectivity index (χ2n) is 5.20. The molecule has 20 heavy (non-hydrogen) atoms. The van der Waals surface area contributed by atoms with E-state index < -0.39 is 0 Å². The van der Waals surface area contributed by atoms with E-state index in [0.29, 0.717) is 6.04 Å². The normalized spacial score (nSPS) is 15.8. The summed E-state index contributed by atoms with van der Waals surface area (Å²) >= 11 is 0. The number of halogens is 1. The number of aromatic nitrogens is 1. The molecule has 0 atom stereocenters. The largest absolute Gasteiger partial charge is 0.382 e. The molecule has 3 nitrogen and oxygen atoms in total. The topological polar surface area (TPSA) is 37.0 Å². The SMILES string of the molecule is CCc1ccc2c(NC3CCNCC3)cccc2n1.Cl. The summed E-state index contributed by atoms with van der Waals surface area (Å²) in [7, 11) is 0. The zero-order valence-corrected chi connectivity index (χ0v) is 12.7. The quantitative estimate of drug-likeness (QED) is 0.910. The smallest absolute Gasteiger partial charge is 0.0726 e. The van der Waals surface area contributed by atoms with Gasteiger partial charge in [0.25, 0.3) is 0 Å². The molecular formula is C16H22ClN3. The van der Waals surface area contributed by atoms with Crippen molar-refractivity contribution in [1.82, 2.24) is 10.3 Å². The summed E-state index contributed by atoms with van der Waals surface area (Å²) in [4.78, 5) is 4.70. The van der Waals surface area contributed by atoms with E-state index in [-0.39, 0.29) is 12.4 Å². The molecule has 1 fully saturated rings. The molecule has 1 saturated heterocycles. The predicted octanol–water partition coefficient (Wildman–Crippen LogP) is 3.38. The Hall–Kier alpha value is -1.32. The molecule has 0 spiro atoms. The van der Waals surface area contributed by atoms with Crippen LogP contribution in [-0.4, -0.2) is 24.1 Å². The van der Waals surface area contributed by atoms with Crippen LogP contribution >= 0.6 is 12.4 Å². The van der Waals surface area contributed by atoms with Gasteiger partial charge in [0, 0.05) is 22.8 Å². The van der Waals surface area contributed by atoms with E-state index >= 15 is 0 Å². The van der Waals surface area contributed by atoms with Gasteiger partial charge in [0.15, 0.2) is 0 Å². The molecule has 0 radical (unpaired) electrons. The number of hydrogen-bond donors (Lipinski definition) is 2. The van der Waals surface area contributed by atoms with Crippen LogP contribution in [0, 0.1) is 0 Å². The van der Waals surface area contributed by atoms with E-state index in [1.165, 1.54) is 23.9 Å². The third-order valence-corrected chi connectivity index (χ3v) is 3.85. The Morgan fingerprint density at radius 2 is 2.00 bits per heavy atom. The Kier molecular flexibility index (Phi) is 5.21. The van der Waals surface area contributed by atoms with E-state index in [1.807, 2.05) is 0 Å². The van der Waals surface area contributed by atoms with Gasteiger partial charge in [-0.2, -0.15) is 0 Å². The molecule has 0 amide bonds. The van der Waals surface area contributed by atoms with Gasteiger partial charge in [-0.05, 0) is 56.6 Å². The minimum Gasteiger partial charge on any atom is -0.382 e. The molecule has 2 heterocycles. The van der Waals surface area contributed by atoms with Crippen molar-refractivity contribution >= 4 is 29.0 Å². The Bertz CT molecular complexity index is 565. The van der Waals surface area contributed by atoms with Crippen LogP contribution in [0.1, 0.15) is 25.5 Å². The van der Waals surface area contributed by atoms with Gasteiger partial charge >= 0.3 is 0 Å². The molecule has 1 aromatic carbocycles. The second kappa shape index (κ2) is 6.91. The highest BCUT2D eigenvalue weighted by atomic mass is 35.5. The lowest BCUT2D eigenvalue weighted by molar-refractivity contribution is 0.479. The van der Waals surface area contributed by atoms with Gasteiger partial charge in [-0.15, -0.1) is 12.4 Å². The number of piperidine rings is 1. The maximum Gasteiger partial charge on any atom is 0.0726 e. The summed E-state index contributed by atoms with van der Waals surface area (Å²) in [5, 5.41) is 8.32. The van der Waals surface area contributed by atoms with Crippen LogP contribution < -0.4 is 10.6 Å². The van der Waals surface area contributed by atoms with Crippen LogP contribution in [0.3, 0.4) is 0 Å². The molecule has 0 bridgehead atoms. The van der Waals surface area contributed by atoms with Crippen LogP contribution in [0.2, 0.25) is 0 Å². The van der Waals surface area contributed by atoms with Crippen molar-refractivity contribution in [3.8, 4) is 0 Å². The lowest BCUT2D eigenvalue weighted by Gasteiger charge is -2.25. The molecule has 2 aromatic rings. The van der Waals surface area contributed by atoms with Crippen LogP contribution in [-0.2, 0) is 6.42 Å². The summed E-state index contributed by atoms with van der Waals surface area (Å²) in [6.07, 6.45) is 3.37. The lowest BCUT2D eigenvalue weighted by atomic mass is 10.1. The number of pyridine rings is 1. The average molecular weight is 292 g/mol. The predicted molar refractivity (Wildman–Crippen MR) is 87.9 cm³/mol. The fourth-order valence-corrected chi connectivity index (χ4v) is 2.71. The number of anilines is 1. The number of nitrogens with zero attached hydrogens (tertiary/aromatic N) is 1. The van der Waals surface area contributed by atoms with Crippen LogP contribution in [0.15, 0.2) is 30.3 Å². The minimum absolute atomic E-state index is 0. The first kappa shape index (κ1) is 15.1. The lowest BCUT2D eigenvalue weighted by Crippen LogP contribution is -2.35. The average Bonchev–Trinajstić information content (AvgIpc) is 2.48. The van der Waals surface area contributed by atoms with E-state index in [9.17, 15) is 0 Å². The zero-order valence-electron chi connectivity index (χ0n) is 11.9. The molecule has 1 aliphatic heterocycles. The summed E-state index contributed by atoms with van der Waals surface area (Å²) in [6.45, 7) is 4.37. The summed E-state index contributed by atoms with van der Waals surface area (Å²) in [5.74, 6) is 0. The molecular weight excluding hydrogens is 270 g/mol. The molecule has 108 valence electrons. The van der Waals surface area contributed by atoms with Crippen molar-refractivity contribution in [1.29, 1.82) is 0 Å². The summed E-state index contributed by atoms with van der Waals surface area (Å²) in [5.41, 5.74) is 3.48. The maximum atomic E-state index is 4.70. The van der Waals surface area contributed by atoms with Gasteiger partial charge in [0.2, 0.25) is 0 Å². The standard InChI is InChI=1S/C16H21N3.ClH/c1-2-12-6-7-14-15(18-12)4-3-5-16(14)19-13-8-10-17-11-9-13;/h3-7,13,17,19H,2,8-11H2,1H3;1H. The van der Waals surface area contributed by atoms with E-state index in [1.54, 1.807) is 0 Å². The summed E-state index contributed by atoms with van der Waals surface area (Å²) in [6, 6.07) is 11.3. The fraction of sp³-hybridized carbons (Fsp3) is 0.438. The number of fused-ring (bicyclic) bond motifs is 1. The third-order valence-electron chi connectivity index (χ3n) is 3.85. The van der Waals surface area contributed by atoms with Crippen LogP contribution in [0.5, 0.6) is 0 Å². The van der Waals surface area contributed by atoms with Gasteiger partial charge in [0.1, 0.15) is 0 Å². The van der Waals surface area contributed by atoms with E-state index in [4.69, 9.17) is 4.98 Å². The Morgan fingerprint density at radius 1 is 1.20 bits per heavy atom. The second-order valence-corrected chi connectivity index (χ2v) is 5.20. The number of benzene rings is 1. The minimum atomic E-state index is 0. The molecule has 1 aromatic heterocycles. The van der Waals surface area contributed by atoms with Crippen molar-refractivity contribution in [3.63, 3.8) is 0 Å². The molecule has 0 unspecified atom stereocenters. The Labute approximate surface area is 126 Å². The number of aryl methyl sites for hydroxylation is 1. The molecule has 2 N–H and O–H groups in total. The highest BCUT2D eigenvalue weighted by Gasteiger charge is 2.13. The van der Waals surface area contributed by atoms with Gasteiger partial charge < -0.3 is 10.6 Å². The van der Waals surface area contributed by atoms with Crippen molar-refractivity contribution in [3.05, 3.63) is 36.0 Å². The first-order valence-corrected chi connectivity index (χ1v) is 7.22. The van der Waals surface area contributed by atoms with Crippen molar-refractivity contribution < 1.29 is 0 Å². The fourth-order valence-electron chi connectivity index (χ4n) is 2.71. The molecule has 0 saturated carbocycles. The number of nitrogens with one attached hydrogen (secondary N) is 2. The number of hydrogen-bond acceptors (Lipinski definition) is 3. The van der Waals surface area contributed by atoms with Gasteiger partial charge in [-0.25, -0.2) is 0 Å². The zero-order chi connectivity index (χ0) is 13.1. The van der Waals surface area contributed by atoms with Gasteiger partial charge in [-0.1, -0.05) is 13.0 Å². The molecule has 3 rings (SSSR count). The van der Waals surface area contributed by atoms with E-state index in [2.05, 4.69) is 47.9 Å². The van der Waals surface area contributed by atoms with Gasteiger partial charge in [-0.3, -0.25) is 4.98 Å². The Morgan fingerprint density at radius 3 is 2.75 bits per heavy atom. The van der Waals surface area contributed by atoms with Gasteiger partial charge in [0.05, 0.1) is 5.52 Å². The summed E-state index contributed by atoms with van der Waals surface area (Å²) < 4.78 is 0. The monoisotopic (exact) mass is 291 g/mol. The molecule has 4 heteroatoms. The Balaban J connectivity index is 0.00000147. The molecule has 0 aliphatic carbocycles. The highest BCUT2D eigenvalue weighted by molar-refractivity contribution is 5.91. The third kappa shape index (κ3) is 3.22. The van der Waals surface area contributed by atoms with Crippen molar-refractivity contribution in [2.75, 3.05) is 18.4 Å². The number of rotatable bonds is 3. The van der Waals surface area contributed by atoms with Crippen LogP contribution in [0.25, 0.3) is 10.9 Å². The molecule has 1 aliphatic rings. The first-order chi connectivity index (χ1) is 9.36. The highest BCUT2D eigenvalue weighted by Crippen LogP contribution is 2.24. The first-order valence-electron chi connectivity index (χ1n) is 7.22.